The molecule has 0 radical (unpaired) electrons. The van der Waals surface area contributed by atoms with Gasteiger partial charge in [-0.25, -0.2) is 0 Å². The van der Waals surface area contributed by atoms with Crippen LogP contribution in [0.4, 0.5) is 0 Å². The Morgan fingerprint density at radius 3 is 0.360 bits per heavy atom. The first kappa shape index (κ1) is 153. The Morgan fingerprint density at radius 1 is 0.108 bits per heavy atom. The van der Waals surface area contributed by atoms with Crippen LogP contribution in [0, 0.1) is 0 Å². The van der Waals surface area contributed by atoms with Crippen molar-refractivity contribution < 1.29 is 47.9 Å². The zero-order valence-corrected chi connectivity index (χ0v) is 89.3. The topological polar surface area (TPSA) is 756 Å². The van der Waals surface area contributed by atoms with Crippen LogP contribution in [-0.4, -0.2) is 412 Å². The van der Waals surface area contributed by atoms with Crippen molar-refractivity contribution in [3.63, 3.8) is 0 Å². The highest BCUT2D eigenvalue weighted by atomic mass is 16.2. The van der Waals surface area contributed by atoms with Crippen LogP contribution in [0.2, 0.25) is 0 Å². The number of unbranched alkanes of at least 4 members (excludes halogenated alkanes) is 4. The molecule has 0 aliphatic rings. The molecular weight excluding hydrogens is 1780 g/mol. The smallest absolute Gasteiger partial charge is 0.216 e. The van der Waals surface area contributed by atoms with E-state index in [1.165, 1.54) is 87.5 Å². The summed E-state index contributed by atoms with van der Waals surface area (Å²) in [4.78, 5) is 105. The predicted molar refractivity (Wildman–Crippen MR) is 579 cm³/mol. The van der Waals surface area contributed by atoms with Crippen molar-refractivity contribution in [2.45, 2.75) is 185 Å². The van der Waals surface area contributed by atoms with Gasteiger partial charge in [-0.05, 0) is 273 Å². The van der Waals surface area contributed by atoms with E-state index in [-0.39, 0.29) is 59.1 Å². The Labute approximate surface area is 842 Å². The molecule has 0 aromatic heterocycles. The van der Waals surface area contributed by atoms with E-state index in [0.29, 0.717) is 85.1 Å². The molecule has 0 aromatic carbocycles. The number of hydrogen-bond acceptors (Lipinski definition) is 37. The van der Waals surface area contributed by atoms with Crippen LogP contribution in [0.15, 0.2) is 0 Å². The lowest BCUT2D eigenvalue weighted by Crippen LogP contribution is -2.34. The minimum absolute atomic E-state index is 0.00884. The largest absolute Gasteiger partial charge is 0.356 e. The summed E-state index contributed by atoms with van der Waals surface area (Å²) in [7, 11) is 0. The first-order chi connectivity index (χ1) is 67.2. The molecule has 47 N–H and O–H groups in total. The number of hydrogen-bond donors (Lipinski definition) is 37. The van der Waals surface area contributed by atoms with Gasteiger partial charge in [0.25, 0.3) is 0 Å². The van der Waals surface area contributed by atoms with Crippen LogP contribution >= 0.6 is 0 Å². The average molecular weight is 2010 g/mol. The van der Waals surface area contributed by atoms with E-state index < -0.39 is 0 Å². The zero-order valence-electron chi connectivity index (χ0n) is 89.3. The molecular formula is C92H221N37O10. The SMILES string of the molecule is CC(=O)NCCCNCCCCNCCCNCCN.CC(=O)NCCCNCCCCNCCN.CC(=O)NCCCNCCCNCCN.CC(=O)NCCCNCCN.CC(=O)NCCNCCCCN.CC(=O)NCCNCCCCNCCCN.CC(=O)NCCNCCCN.CC(=O)NCCNCCCNCCN.CC(=O)NCCNCCN.CC(=O)NCCNCCNCCCN. The summed E-state index contributed by atoms with van der Waals surface area (Å²) in [5, 5.41) is 82.6. The number of nitrogens with one attached hydrogen (secondary N) is 27. The standard InChI is InChI=1S/C14H33N5O.2C11H26N4O.C10H24N4O.2C9H22N4O.C8H19N3O.2C7H17N3O.C6H15N3O/c1-14(20)19-12-5-11-17-8-3-2-7-16-9-4-10-18-13-6-15;1-11(16)15-9-4-8-13-6-2-3-7-14-10-5-12;1-11(16)15-10-9-14-7-3-2-6-13-8-4-5-12;1-10(15)14-8-3-7-12-5-2-6-13-9-4-11;1-9(14)13-8-7-12-5-2-4-11-6-3-10;1-9(14)13-8-7-12-6-5-11-4-2-3-10;1-8(12)11-7-6-10-5-3-2-4-9;1-7(11)10-5-2-4-9-6-3-8;1-7(11)10-6-5-9-4-2-3-8;1-6(10)9-5-4-8-3-2-7/h16-18H,2-13,15H2,1H3,(H,19,20);2*13-14H,2-10,12H2,1H3,(H,15,16);12-13H,2-9,11H2,1H3,(H,14,15);2*11-12H,2-8,10H2,1H3,(H,13,14);10H,2-7,9H2,1H3,(H,11,12);2*9H,2-6,8H2,1H3,(H,10,11);8H,2-5,7H2,1H3,(H,9,10). The summed E-state index contributed by atoms with van der Waals surface area (Å²) in [6, 6.07) is 0. The molecule has 0 saturated heterocycles. The van der Waals surface area contributed by atoms with E-state index in [1.807, 2.05) is 0 Å². The molecule has 0 unspecified atom stereocenters. The highest BCUT2D eigenvalue weighted by Gasteiger charge is 2.01. The number of rotatable bonds is 89. The predicted octanol–water partition coefficient (Wildman–Crippen LogP) is -9.14. The third kappa shape index (κ3) is 210. The summed E-state index contributed by atoms with van der Waals surface area (Å²) >= 11 is 0. The first-order valence-electron chi connectivity index (χ1n) is 51.7. The minimum atomic E-state index is 0.00884. The van der Waals surface area contributed by atoms with Crippen LogP contribution in [0.1, 0.15) is 185 Å². The second-order valence-electron chi connectivity index (χ2n) is 31.8. The Balaban J connectivity index is -0.000000167. The fourth-order valence-electron chi connectivity index (χ4n) is 10.4. The van der Waals surface area contributed by atoms with E-state index in [1.54, 1.807) is 13.8 Å². The number of amides is 10. The summed E-state index contributed by atoms with van der Waals surface area (Å²) < 4.78 is 0. The van der Waals surface area contributed by atoms with Gasteiger partial charge in [-0.3, -0.25) is 47.9 Å². The van der Waals surface area contributed by atoms with Gasteiger partial charge in [0.1, 0.15) is 0 Å². The first-order valence-corrected chi connectivity index (χ1v) is 51.7. The van der Waals surface area contributed by atoms with Crippen molar-refractivity contribution in [1.29, 1.82) is 0 Å². The van der Waals surface area contributed by atoms with Gasteiger partial charge >= 0.3 is 0 Å². The average Bonchev–Trinajstić information content (AvgIpc) is 1.15. The van der Waals surface area contributed by atoms with Crippen molar-refractivity contribution >= 4 is 59.1 Å². The molecule has 0 fully saturated rings. The lowest BCUT2D eigenvalue weighted by molar-refractivity contribution is -0.119. The van der Waals surface area contributed by atoms with Gasteiger partial charge in [-0.1, -0.05) is 0 Å². The van der Waals surface area contributed by atoms with Crippen LogP contribution in [-0.2, 0) is 47.9 Å². The van der Waals surface area contributed by atoms with Crippen molar-refractivity contribution in [3.8, 4) is 0 Å². The van der Waals surface area contributed by atoms with Crippen LogP contribution in [0.3, 0.4) is 0 Å². The Morgan fingerprint density at radius 2 is 0.209 bits per heavy atom. The molecule has 0 aromatic rings. The Hall–Kier alpha value is -6.38. The summed E-state index contributed by atoms with van der Waals surface area (Å²) in [6.45, 7) is 61.7. The van der Waals surface area contributed by atoms with E-state index in [0.717, 1.165) is 352 Å². The summed E-state index contributed by atoms with van der Waals surface area (Å²) in [6.07, 6.45) is 19.6. The van der Waals surface area contributed by atoms with Crippen LogP contribution in [0.5, 0.6) is 0 Å². The van der Waals surface area contributed by atoms with E-state index >= 15 is 0 Å². The molecule has 0 spiro atoms. The monoisotopic (exact) mass is 2000 g/mol. The third-order valence-corrected chi connectivity index (χ3v) is 17.6. The molecule has 0 aliphatic carbocycles. The molecule has 139 heavy (non-hydrogen) atoms. The van der Waals surface area contributed by atoms with Crippen molar-refractivity contribution in [2.24, 2.45) is 57.3 Å². The molecule has 0 rings (SSSR count). The van der Waals surface area contributed by atoms with Crippen LogP contribution in [0.25, 0.3) is 0 Å². The zero-order chi connectivity index (χ0) is 106. The van der Waals surface area contributed by atoms with Gasteiger partial charge in [0.05, 0.1) is 0 Å². The van der Waals surface area contributed by atoms with Gasteiger partial charge in [0.2, 0.25) is 59.1 Å². The number of nitrogens with two attached hydrogens (primary N) is 10. The van der Waals surface area contributed by atoms with Gasteiger partial charge in [0.15, 0.2) is 0 Å². The molecule has 10 amide bonds. The van der Waals surface area contributed by atoms with E-state index in [4.69, 9.17) is 57.3 Å². The number of carbonyl (C=O) groups excluding carboxylic acids is 10. The maximum atomic E-state index is 10.6. The quantitative estimate of drug-likeness (QED) is 0.0252. The molecule has 0 aliphatic heterocycles. The van der Waals surface area contributed by atoms with Crippen LogP contribution < -0.4 is 201 Å². The highest BCUT2D eigenvalue weighted by molar-refractivity contribution is 5.75. The van der Waals surface area contributed by atoms with Gasteiger partial charge in [0, 0.05) is 266 Å². The lowest BCUT2D eigenvalue weighted by atomic mass is 10.3. The lowest BCUT2D eigenvalue weighted by Gasteiger charge is -2.07. The highest BCUT2D eigenvalue weighted by Crippen LogP contribution is 1.89. The second kappa shape index (κ2) is 149. The molecule has 834 valence electrons. The van der Waals surface area contributed by atoms with E-state index in [9.17, 15) is 47.9 Å². The fraction of sp³-hybridized carbons (Fsp3) is 0.891. The molecule has 47 nitrogen and oxygen atoms in total. The van der Waals surface area contributed by atoms with Crippen molar-refractivity contribution in [3.05, 3.63) is 0 Å². The Bertz CT molecular complexity index is 2350. The second-order valence-corrected chi connectivity index (χ2v) is 31.8. The minimum Gasteiger partial charge on any atom is -0.356 e. The Kier molecular flexibility index (Phi) is 164. The maximum Gasteiger partial charge on any atom is 0.216 e. The van der Waals surface area contributed by atoms with Crippen molar-refractivity contribution in [1.82, 2.24) is 144 Å². The normalized spacial score (nSPS) is 10.1. The summed E-state index contributed by atoms with van der Waals surface area (Å²) in [5.41, 5.74) is 53.2. The molecule has 0 atom stereocenters. The van der Waals surface area contributed by atoms with Gasteiger partial charge in [-0.15, -0.1) is 0 Å². The van der Waals surface area contributed by atoms with Gasteiger partial charge in [-0.2, -0.15) is 0 Å². The van der Waals surface area contributed by atoms with E-state index in [2.05, 4.69) is 144 Å². The molecule has 47 heteroatoms. The van der Waals surface area contributed by atoms with Gasteiger partial charge < -0.3 is 201 Å². The fourth-order valence-corrected chi connectivity index (χ4v) is 10.4. The third-order valence-electron chi connectivity index (χ3n) is 17.6. The summed E-state index contributed by atoms with van der Waals surface area (Å²) in [5.74, 6) is 0.305. The molecule has 0 heterocycles. The number of carbonyl (C=O) groups is 10. The molecule has 0 bridgehead atoms. The van der Waals surface area contributed by atoms with Crippen molar-refractivity contribution in [2.75, 3.05) is 353 Å². The molecule has 0 saturated carbocycles. The maximum absolute atomic E-state index is 10.6.